The maximum absolute atomic E-state index is 10.4. The fraction of sp³-hybridized carbons (Fsp3) is 0.368. The number of phenols is 2. The highest BCUT2D eigenvalue weighted by atomic mass is 16.3. The Labute approximate surface area is 127 Å². The highest BCUT2D eigenvalue weighted by Gasteiger charge is 2.21. The predicted octanol–water partition coefficient (Wildman–Crippen LogP) is 4.87. The molecule has 2 aromatic rings. The summed E-state index contributed by atoms with van der Waals surface area (Å²) >= 11 is 0. The summed E-state index contributed by atoms with van der Waals surface area (Å²) in [5.41, 5.74) is 5.82. The van der Waals surface area contributed by atoms with E-state index in [2.05, 4.69) is 6.92 Å². The summed E-state index contributed by atoms with van der Waals surface area (Å²) in [7, 11) is 0. The van der Waals surface area contributed by atoms with E-state index in [0.717, 1.165) is 39.8 Å². The van der Waals surface area contributed by atoms with Crippen LogP contribution in [0.4, 0.5) is 0 Å². The van der Waals surface area contributed by atoms with Crippen LogP contribution in [0.2, 0.25) is 0 Å². The van der Waals surface area contributed by atoms with Gasteiger partial charge in [-0.1, -0.05) is 42.3 Å². The van der Waals surface area contributed by atoms with Gasteiger partial charge in [0.15, 0.2) is 0 Å². The second-order valence-electron chi connectivity index (χ2n) is 6.00. The van der Waals surface area contributed by atoms with Crippen LogP contribution in [0.5, 0.6) is 11.5 Å². The number of hydrogen-bond acceptors (Lipinski definition) is 2. The van der Waals surface area contributed by atoms with Crippen LogP contribution in [0.25, 0.3) is 0 Å². The first kappa shape index (κ1) is 15.4. The summed E-state index contributed by atoms with van der Waals surface area (Å²) in [6, 6.07) is 8.00. The van der Waals surface area contributed by atoms with Crippen LogP contribution in [-0.4, -0.2) is 10.2 Å². The quantitative estimate of drug-likeness (QED) is 0.844. The van der Waals surface area contributed by atoms with Crippen LogP contribution >= 0.6 is 0 Å². The topological polar surface area (TPSA) is 40.5 Å². The average molecular weight is 284 g/mol. The molecule has 0 saturated carbocycles. The monoisotopic (exact) mass is 284 g/mol. The molecule has 2 nitrogen and oxygen atoms in total. The highest BCUT2D eigenvalue weighted by Crippen LogP contribution is 2.41. The van der Waals surface area contributed by atoms with Crippen molar-refractivity contribution in [1.29, 1.82) is 0 Å². The Hall–Kier alpha value is -1.96. The molecule has 2 heteroatoms. The molecule has 0 aromatic heterocycles. The average Bonchev–Trinajstić information content (AvgIpc) is 2.41. The fourth-order valence-electron chi connectivity index (χ4n) is 3.12. The SMILES string of the molecule is CCC(c1cc(C)cc(C)c1O)c1cc(C)cc(C)c1O. The third-order valence-electron chi connectivity index (χ3n) is 4.11. The van der Waals surface area contributed by atoms with Gasteiger partial charge < -0.3 is 10.2 Å². The van der Waals surface area contributed by atoms with E-state index < -0.39 is 0 Å². The minimum atomic E-state index is 0.00204. The number of aryl methyl sites for hydroxylation is 4. The Morgan fingerprint density at radius 2 is 1.14 bits per heavy atom. The van der Waals surface area contributed by atoms with E-state index in [1.807, 2.05) is 52.0 Å². The third kappa shape index (κ3) is 2.90. The molecule has 21 heavy (non-hydrogen) atoms. The molecule has 0 amide bonds. The summed E-state index contributed by atoms with van der Waals surface area (Å²) in [6.07, 6.45) is 0.826. The summed E-state index contributed by atoms with van der Waals surface area (Å²) < 4.78 is 0. The standard InChI is InChI=1S/C19H24O2/c1-6-15(16-9-11(2)7-13(4)18(16)20)17-10-12(3)8-14(5)19(17)21/h7-10,15,20-21H,6H2,1-5H3. The zero-order valence-corrected chi connectivity index (χ0v) is 13.5. The molecule has 2 N–H and O–H groups in total. The molecule has 112 valence electrons. The highest BCUT2D eigenvalue weighted by molar-refractivity contribution is 5.53. The van der Waals surface area contributed by atoms with E-state index in [4.69, 9.17) is 0 Å². The molecular formula is C19H24O2. The van der Waals surface area contributed by atoms with E-state index in [0.29, 0.717) is 11.5 Å². The van der Waals surface area contributed by atoms with Gasteiger partial charge in [0.25, 0.3) is 0 Å². The molecule has 2 rings (SSSR count). The Morgan fingerprint density at radius 1 is 0.762 bits per heavy atom. The van der Waals surface area contributed by atoms with Gasteiger partial charge in [0, 0.05) is 17.0 Å². The molecule has 0 radical (unpaired) electrons. The van der Waals surface area contributed by atoms with Crippen molar-refractivity contribution < 1.29 is 10.2 Å². The minimum Gasteiger partial charge on any atom is -0.507 e. The maximum Gasteiger partial charge on any atom is 0.122 e. The third-order valence-corrected chi connectivity index (χ3v) is 4.11. The zero-order chi connectivity index (χ0) is 15.7. The van der Waals surface area contributed by atoms with Crippen molar-refractivity contribution in [1.82, 2.24) is 0 Å². The van der Waals surface area contributed by atoms with E-state index >= 15 is 0 Å². The molecule has 0 spiro atoms. The summed E-state index contributed by atoms with van der Waals surface area (Å²) in [6.45, 7) is 9.98. The lowest BCUT2D eigenvalue weighted by molar-refractivity contribution is 0.448. The van der Waals surface area contributed by atoms with Crippen molar-refractivity contribution in [3.63, 3.8) is 0 Å². The number of aromatic hydroxyl groups is 2. The molecule has 0 fully saturated rings. The van der Waals surface area contributed by atoms with Gasteiger partial charge in [-0.25, -0.2) is 0 Å². The minimum absolute atomic E-state index is 0.00204. The molecule has 0 aliphatic carbocycles. The molecule has 0 aliphatic rings. The van der Waals surface area contributed by atoms with E-state index in [1.54, 1.807) is 0 Å². The van der Waals surface area contributed by atoms with Gasteiger partial charge in [-0.05, 0) is 45.2 Å². The second kappa shape index (κ2) is 5.80. The smallest absolute Gasteiger partial charge is 0.122 e. The number of hydrogen-bond donors (Lipinski definition) is 2. The van der Waals surface area contributed by atoms with E-state index in [9.17, 15) is 10.2 Å². The van der Waals surface area contributed by atoms with Crippen molar-refractivity contribution >= 4 is 0 Å². The first-order chi connectivity index (χ1) is 9.85. The van der Waals surface area contributed by atoms with E-state index in [-0.39, 0.29) is 5.92 Å². The first-order valence-electron chi connectivity index (χ1n) is 7.45. The Kier molecular flexibility index (Phi) is 4.26. The number of benzene rings is 2. The van der Waals surface area contributed by atoms with Crippen molar-refractivity contribution in [3.8, 4) is 11.5 Å². The van der Waals surface area contributed by atoms with Gasteiger partial charge in [-0.2, -0.15) is 0 Å². The van der Waals surface area contributed by atoms with Gasteiger partial charge in [0.1, 0.15) is 11.5 Å². The number of rotatable bonds is 3. The number of phenolic OH excluding ortho intramolecular Hbond substituents is 2. The van der Waals surface area contributed by atoms with Gasteiger partial charge in [0.2, 0.25) is 0 Å². The van der Waals surface area contributed by atoms with Crippen LogP contribution in [0.1, 0.15) is 52.6 Å². The molecule has 0 bridgehead atoms. The van der Waals surface area contributed by atoms with Crippen molar-refractivity contribution in [3.05, 3.63) is 57.6 Å². The molecule has 0 saturated heterocycles. The first-order valence-corrected chi connectivity index (χ1v) is 7.45. The molecular weight excluding hydrogens is 260 g/mol. The van der Waals surface area contributed by atoms with Gasteiger partial charge >= 0.3 is 0 Å². The lowest BCUT2D eigenvalue weighted by atomic mass is 9.84. The Morgan fingerprint density at radius 3 is 1.48 bits per heavy atom. The van der Waals surface area contributed by atoms with Crippen LogP contribution in [0.3, 0.4) is 0 Å². The van der Waals surface area contributed by atoms with Crippen LogP contribution < -0.4 is 0 Å². The van der Waals surface area contributed by atoms with Crippen LogP contribution in [0.15, 0.2) is 24.3 Å². The molecule has 0 unspecified atom stereocenters. The van der Waals surface area contributed by atoms with Crippen molar-refractivity contribution in [2.45, 2.75) is 47.0 Å². The van der Waals surface area contributed by atoms with Crippen molar-refractivity contribution in [2.75, 3.05) is 0 Å². The van der Waals surface area contributed by atoms with Gasteiger partial charge in [0.05, 0.1) is 0 Å². The Balaban J connectivity index is 2.66. The van der Waals surface area contributed by atoms with Crippen molar-refractivity contribution in [2.24, 2.45) is 0 Å². The summed E-state index contributed by atoms with van der Waals surface area (Å²) in [5, 5.41) is 20.9. The summed E-state index contributed by atoms with van der Waals surface area (Å²) in [4.78, 5) is 0. The Bertz CT molecular complexity index is 614. The second-order valence-corrected chi connectivity index (χ2v) is 6.00. The lowest BCUT2D eigenvalue weighted by Crippen LogP contribution is -2.03. The molecule has 0 aliphatic heterocycles. The van der Waals surface area contributed by atoms with Gasteiger partial charge in [-0.3, -0.25) is 0 Å². The molecule has 2 aromatic carbocycles. The van der Waals surface area contributed by atoms with Gasteiger partial charge in [-0.15, -0.1) is 0 Å². The normalized spacial score (nSPS) is 11.1. The molecule has 0 atom stereocenters. The summed E-state index contributed by atoms with van der Waals surface area (Å²) in [5.74, 6) is 0.680. The molecule has 0 heterocycles. The zero-order valence-electron chi connectivity index (χ0n) is 13.5. The van der Waals surface area contributed by atoms with E-state index in [1.165, 1.54) is 0 Å². The largest absolute Gasteiger partial charge is 0.507 e. The maximum atomic E-state index is 10.4. The fourth-order valence-corrected chi connectivity index (χ4v) is 3.12. The van der Waals surface area contributed by atoms with Crippen LogP contribution in [0, 0.1) is 27.7 Å². The predicted molar refractivity (Wildman–Crippen MR) is 87.3 cm³/mol. The lowest BCUT2D eigenvalue weighted by Gasteiger charge is -2.21. The van der Waals surface area contributed by atoms with Crippen LogP contribution in [-0.2, 0) is 0 Å².